The lowest BCUT2D eigenvalue weighted by Gasteiger charge is -2.19. The summed E-state index contributed by atoms with van der Waals surface area (Å²) in [6.07, 6.45) is 2.01. The topological polar surface area (TPSA) is 24.9 Å². The minimum absolute atomic E-state index is 0.384. The Bertz CT molecular complexity index is 525. The van der Waals surface area contributed by atoms with Crippen LogP contribution in [0.25, 0.3) is 10.9 Å². The number of pyridine rings is 1. The van der Waals surface area contributed by atoms with Crippen LogP contribution in [0.5, 0.6) is 0 Å². The Kier molecular flexibility index (Phi) is 5.23. The maximum Gasteiger partial charge on any atom is 0.0702 e. The zero-order chi connectivity index (χ0) is 13.7. The third kappa shape index (κ3) is 3.95. The van der Waals surface area contributed by atoms with Crippen molar-refractivity contribution >= 4 is 22.7 Å². The highest BCUT2D eigenvalue weighted by molar-refractivity contribution is 7.99. The van der Waals surface area contributed by atoms with E-state index in [0.717, 1.165) is 17.8 Å². The summed E-state index contributed by atoms with van der Waals surface area (Å²) in [5, 5.41) is 5.44. The van der Waals surface area contributed by atoms with Gasteiger partial charge in [0.25, 0.3) is 0 Å². The molecule has 1 aromatic carbocycles. The number of aromatic nitrogens is 1. The van der Waals surface area contributed by atoms with Crippen LogP contribution in [-0.4, -0.2) is 22.5 Å². The van der Waals surface area contributed by atoms with Gasteiger partial charge in [0, 0.05) is 23.4 Å². The van der Waals surface area contributed by atoms with Crippen molar-refractivity contribution in [3.8, 4) is 0 Å². The van der Waals surface area contributed by atoms with E-state index in [2.05, 4.69) is 55.3 Å². The summed E-state index contributed by atoms with van der Waals surface area (Å²) >= 11 is 1.99. The van der Waals surface area contributed by atoms with E-state index in [9.17, 15) is 0 Å². The summed E-state index contributed by atoms with van der Waals surface area (Å²) < 4.78 is 0. The van der Waals surface area contributed by atoms with Crippen molar-refractivity contribution in [2.45, 2.75) is 32.1 Å². The van der Waals surface area contributed by atoms with Gasteiger partial charge in [-0.05, 0) is 29.5 Å². The first kappa shape index (κ1) is 14.4. The van der Waals surface area contributed by atoms with Crippen LogP contribution in [0.4, 0.5) is 0 Å². The van der Waals surface area contributed by atoms with Gasteiger partial charge in [-0.15, -0.1) is 0 Å². The van der Waals surface area contributed by atoms with E-state index in [-0.39, 0.29) is 0 Å². The molecule has 102 valence electrons. The Morgan fingerprint density at radius 2 is 2.05 bits per heavy atom. The lowest BCUT2D eigenvalue weighted by atomic mass is 10.1. The average molecular weight is 274 g/mol. The van der Waals surface area contributed by atoms with E-state index >= 15 is 0 Å². The SMILES string of the molecule is CCNC(CSC(C)C)c1cnc2ccccc2c1. The number of para-hydroxylation sites is 1. The monoisotopic (exact) mass is 274 g/mol. The fraction of sp³-hybridized carbons (Fsp3) is 0.438. The molecule has 0 aliphatic heterocycles. The molecule has 1 aromatic heterocycles. The molecule has 19 heavy (non-hydrogen) atoms. The van der Waals surface area contributed by atoms with Gasteiger partial charge in [0.1, 0.15) is 0 Å². The third-order valence-electron chi connectivity index (χ3n) is 3.06. The summed E-state index contributed by atoms with van der Waals surface area (Å²) in [4.78, 5) is 4.56. The van der Waals surface area contributed by atoms with Crippen molar-refractivity contribution < 1.29 is 0 Å². The summed E-state index contributed by atoms with van der Waals surface area (Å²) in [6.45, 7) is 7.62. The molecule has 2 aromatic rings. The molecule has 0 bridgehead atoms. The molecule has 1 heterocycles. The molecule has 0 amide bonds. The Hall–Kier alpha value is -1.06. The van der Waals surface area contributed by atoms with Crippen LogP contribution >= 0.6 is 11.8 Å². The van der Waals surface area contributed by atoms with Crippen molar-refractivity contribution in [3.05, 3.63) is 42.1 Å². The zero-order valence-corrected chi connectivity index (χ0v) is 12.7. The van der Waals surface area contributed by atoms with Gasteiger partial charge in [0.15, 0.2) is 0 Å². The number of nitrogens with one attached hydrogen (secondary N) is 1. The van der Waals surface area contributed by atoms with E-state index in [1.165, 1.54) is 10.9 Å². The molecule has 0 saturated carbocycles. The minimum Gasteiger partial charge on any atom is -0.309 e. The van der Waals surface area contributed by atoms with Gasteiger partial charge >= 0.3 is 0 Å². The van der Waals surface area contributed by atoms with Crippen molar-refractivity contribution in [1.82, 2.24) is 10.3 Å². The minimum atomic E-state index is 0.384. The largest absolute Gasteiger partial charge is 0.309 e. The van der Waals surface area contributed by atoms with Crippen LogP contribution in [0.3, 0.4) is 0 Å². The predicted molar refractivity (Wildman–Crippen MR) is 85.8 cm³/mol. The Morgan fingerprint density at radius 3 is 2.79 bits per heavy atom. The standard InChI is InChI=1S/C16H22N2S/c1-4-17-16(11-19-12(2)3)14-9-13-7-5-6-8-15(13)18-10-14/h5-10,12,16-17H,4,11H2,1-3H3. The van der Waals surface area contributed by atoms with E-state index in [4.69, 9.17) is 0 Å². The first-order valence-electron chi connectivity index (χ1n) is 6.90. The third-order valence-corrected chi connectivity index (χ3v) is 4.25. The van der Waals surface area contributed by atoms with Crippen molar-refractivity contribution in [2.75, 3.05) is 12.3 Å². The lowest BCUT2D eigenvalue weighted by Crippen LogP contribution is -2.23. The molecule has 0 aliphatic rings. The Morgan fingerprint density at radius 1 is 1.26 bits per heavy atom. The van der Waals surface area contributed by atoms with Gasteiger partial charge in [-0.3, -0.25) is 4.98 Å². The molecule has 0 fully saturated rings. The number of hydrogen-bond acceptors (Lipinski definition) is 3. The van der Waals surface area contributed by atoms with Gasteiger partial charge in [-0.1, -0.05) is 39.0 Å². The van der Waals surface area contributed by atoms with Gasteiger partial charge < -0.3 is 5.32 Å². The summed E-state index contributed by atoms with van der Waals surface area (Å²) in [7, 11) is 0. The van der Waals surface area contributed by atoms with E-state index in [1.54, 1.807) is 0 Å². The molecule has 3 heteroatoms. The van der Waals surface area contributed by atoms with Gasteiger partial charge in [0.05, 0.1) is 5.52 Å². The second kappa shape index (κ2) is 6.92. The molecular formula is C16H22N2S. The highest BCUT2D eigenvalue weighted by Crippen LogP contribution is 2.23. The van der Waals surface area contributed by atoms with Crippen LogP contribution in [0, 0.1) is 0 Å². The quantitative estimate of drug-likeness (QED) is 0.861. The molecule has 0 spiro atoms. The molecule has 0 radical (unpaired) electrons. The molecule has 2 rings (SSSR count). The number of rotatable bonds is 6. The summed E-state index contributed by atoms with van der Waals surface area (Å²) in [5.74, 6) is 1.09. The van der Waals surface area contributed by atoms with Crippen molar-refractivity contribution in [1.29, 1.82) is 0 Å². The van der Waals surface area contributed by atoms with E-state index < -0.39 is 0 Å². The van der Waals surface area contributed by atoms with Gasteiger partial charge in [-0.2, -0.15) is 11.8 Å². The number of nitrogens with zero attached hydrogens (tertiary/aromatic N) is 1. The zero-order valence-electron chi connectivity index (χ0n) is 11.9. The lowest BCUT2D eigenvalue weighted by molar-refractivity contribution is 0.604. The first-order valence-corrected chi connectivity index (χ1v) is 7.95. The Balaban J connectivity index is 2.22. The number of hydrogen-bond donors (Lipinski definition) is 1. The van der Waals surface area contributed by atoms with Crippen LogP contribution in [0.15, 0.2) is 36.5 Å². The van der Waals surface area contributed by atoms with E-state index in [0.29, 0.717) is 11.3 Å². The molecule has 1 atom stereocenters. The molecule has 1 N–H and O–H groups in total. The number of thioether (sulfide) groups is 1. The number of fused-ring (bicyclic) bond motifs is 1. The predicted octanol–water partition coefficient (Wildman–Crippen LogP) is 4.03. The smallest absolute Gasteiger partial charge is 0.0702 e. The molecule has 0 saturated heterocycles. The van der Waals surface area contributed by atoms with E-state index in [1.807, 2.05) is 24.0 Å². The van der Waals surface area contributed by atoms with Crippen LogP contribution in [0.2, 0.25) is 0 Å². The molecular weight excluding hydrogens is 252 g/mol. The normalized spacial score (nSPS) is 13.1. The van der Waals surface area contributed by atoms with Gasteiger partial charge in [0.2, 0.25) is 0 Å². The summed E-state index contributed by atoms with van der Waals surface area (Å²) in [6, 6.07) is 10.9. The maximum atomic E-state index is 4.56. The fourth-order valence-electron chi connectivity index (χ4n) is 2.09. The molecule has 0 aliphatic carbocycles. The van der Waals surface area contributed by atoms with Crippen LogP contribution < -0.4 is 5.32 Å². The highest BCUT2D eigenvalue weighted by Gasteiger charge is 2.12. The molecule has 2 nitrogen and oxygen atoms in total. The van der Waals surface area contributed by atoms with Crippen molar-refractivity contribution in [2.24, 2.45) is 0 Å². The summed E-state index contributed by atoms with van der Waals surface area (Å²) in [5.41, 5.74) is 2.35. The Labute approximate surface area is 120 Å². The van der Waals surface area contributed by atoms with Gasteiger partial charge in [-0.25, -0.2) is 0 Å². The van der Waals surface area contributed by atoms with Crippen LogP contribution in [-0.2, 0) is 0 Å². The maximum absolute atomic E-state index is 4.56. The van der Waals surface area contributed by atoms with Crippen molar-refractivity contribution in [3.63, 3.8) is 0 Å². The fourth-order valence-corrected chi connectivity index (χ4v) is 2.97. The number of benzene rings is 1. The second-order valence-electron chi connectivity index (χ2n) is 4.95. The first-order chi connectivity index (χ1) is 9.20. The van der Waals surface area contributed by atoms with Crippen LogP contribution in [0.1, 0.15) is 32.4 Å². The second-order valence-corrected chi connectivity index (χ2v) is 6.56. The average Bonchev–Trinajstić information content (AvgIpc) is 2.42. The highest BCUT2D eigenvalue weighted by atomic mass is 32.2. The molecule has 1 unspecified atom stereocenters.